The van der Waals surface area contributed by atoms with E-state index in [9.17, 15) is 0 Å². The zero-order valence-corrected chi connectivity index (χ0v) is 11.7. The number of para-hydroxylation sites is 1. The summed E-state index contributed by atoms with van der Waals surface area (Å²) >= 11 is 1.37. The molecule has 0 aliphatic heterocycles. The minimum absolute atomic E-state index is 0. The fraction of sp³-hybridized carbons (Fsp3) is 0.333. The zero-order chi connectivity index (χ0) is 7.94. The molecule has 3 heteroatoms. The summed E-state index contributed by atoms with van der Waals surface area (Å²) in [5.41, 5.74) is 0. The van der Waals surface area contributed by atoms with Crippen molar-refractivity contribution in [3.8, 4) is 5.75 Å². The van der Waals surface area contributed by atoms with Crippen LogP contribution in [0.3, 0.4) is 0 Å². The molecule has 0 saturated carbocycles. The van der Waals surface area contributed by atoms with Crippen LogP contribution in [0, 0.1) is 0 Å². The summed E-state index contributed by atoms with van der Waals surface area (Å²) in [6, 6.07) is 9.97. The molecule has 0 aliphatic rings. The quantitative estimate of drug-likeness (QED) is 0.609. The molecule has 1 aromatic carbocycles. The van der Waals surface area contributed by atoms with Gasteiger partial charge in [-0.15, -0.1) is 17.0 Å². The van der Waals surface area contributed by atoms with Gasteiger partial charge in [-0.25, -0.2) is 0 Å². The van der Waals surface area contributed by atoms with Crippen LogP contribution in [0.5, 0.6) is 5.75 Å². The molecule has 0 spiro atoms. The Morgan fingerprint density at radius 3 is 2.42 bits per heavy atom. The van der Waals surface area contributed by atoms with Gasteiger partial charge in [-0.2, -0.15) is 0 Å². The number of rotatable bonds is 4. The molecule has 0 amide bonds. The van der Waals surface area contributed by atoms with Crippen molar-refractivity contribution in [1.29, 1.82) is 0 Å². The Hall–Kier alpha value is 0.123. The maximum absolute atomic E-state index is 5.47. The van der Waals surface area contributed by atoms with Gasteiger partial charge in [0.1, 0.15) is 0 Å². The van der Waals surface area contributed by atoms with Crippen LogP contribution in [-0.4, -0.2) is 6.61 Å². The van der Waals surface area contributed by atoms with Crippen molar-refractivity contribution in [2.75, 3.05) is 6.61 Å². The van der Waals surface area contributed by atoms with Crippen LogP contribution in [0.4, 0.5) is 0 Å². The van der Waals surface area contributed by atoms with E-state index >= 15 is 0 Å². The molecule has 0 bridgehead atoms. The number of hydrogen-bond donors (Lipinski definition) is 0. The van der Waals surface area contributed by atoms with E-state index in [2.05, 4.69) is 0 Å². The van der Waals surface area contributed by atoms with E-state index in [1.807, 2.05) is 30.3 Å². The molecule has 0 fully saturated rings. The van der Waals surface area contributed by atoms with Crippen LogP contribution in [0.1, 0.15) is 6.42 Å². The summed E-state index contributed by atoms with van der Waals surface area (Å²) in [4.78, 5) is 0. The summed E-state index contributed by atoms with van der Waals surface area (Å²) in [5, 5.41) is 1.31. The third-order valence-corrected chi connectivity index (χ3v) is 2.46. The molecule has 0 atom stereocenters. The van der Waals surface area contributed by atoms with Crippen molar-refractivity contribution in [3.05, 3.63) is 30.3 Å². The van der Waals surface area contributed by atoms with Crippen LogP contribution in [-0.2, 0) is 18.3 Å². The molecule has 1 rings (SSSR count). The third kappa shape index (κ3) is 4.89. The molecular weight excluding hydrogens is 269 g/mol. The molecule has 0 aliphatic carbocycles. The molecular formula is C9H12BrOZn. The molecule has 12 heavy (non-hydrogen) atoms. The van der Waals surface area contributed by atoms with Crippen LogP contribution in [0.15, 0.2) is 30.3 Å². The van der Waals surface area contributed by atoms with E-state index in [0.717, 1.165) is 12.4 Å². The summed E-state index contributed by atoms with van der Waals surface area (Å²) in [6.45, 7) is 0.865. The second-order valence-corrected chi connectivity index (χ2v) is 3.85. The molecule has 0 aromatic heterocycles. The zero-order valence-electron chi connectivity index (χ0n) is 7.03. The van der Waals surface area contributed by atoms with Crippen molar-refractivity contribution >= 4 is 17.0 Å². The molecule has 0 heterocycles. The fourth-order valence-corrected chi connectivity index (χ4v) is 1.24. The minimum atomic E-state index is 0. The molecule has 63 valence electrons. The second kappa shape index (κ2) is 7.76. The van der Waals surface area contributed by atoms with Gasteiger partial charge in [-0.1, -0.05) is 0 Å². The van der Waals surface area contributed by atoms with Crippen LogP contribution in [0.2, 0.25) is 5.02 Å². The Kier molecular flexibility index (Phi) is 7.84. The normalized spacial score (nSPS) is 8.83. The molecule has 0 saturated heterocycles. The predicted octanol–water partition coefficient (Wildman–Crippen LogP) is 3.00. The topological polar surface area (TPSA) is 9.23 Å². The standard InChI is InChI=1S/C9H11O.BrH.Zn/c1-2-8-10-9-6-4-3-5-7-9;;/h3-7H,1-2,8H2;1H;. The van der Waals surface area contributed by atoms with Gasteiger partial charge >= 0.3 is 77.2 Å². The molecule has 1 nitrogen and oxygen atoms in total. The van der Waals surface area contributed by atoms with E-state index in [1.54, 1.807) is 0 Å². The van der Waals surface area contributed by atoms with E-state index < -0.39 is 0 Å². The molecule has 0 unspecified atom stereocenters. The van der Waals surface area contributed by atoms with Crippen molar-refractivity contribution in [2.45, 2.75) is 11.4 Å². The third-order valence-electron chi connectivity index (χ3n) is 1.41. The predicted molar refractivity (Wildman–Crippen MR) is 51.7 cm³/mol. The van der Waals surface area contributed by atoms with Crippen molar-refractivity contribution in [3.63, 3.8) is 0 Å². The maximum atomic E-state index is 5.47. The first kappa shape index (κ1) is 12.1. The van der Waals surface area contributed by atoms with Gasteiger partial charge in [0.15, 0.2) is 0 Å². The molecule has 0 radical (unpaired) electrons. The van der Waals surface area contributed by atoms with Crippen molar-refractivity contribution in [1.82, 2.24) is 0 Å². The Labute approximate surface area is 94.0 Å². The van der Waals surface area contributed by atoms with Gasteiger partial charge in [-0.3, -0.25) is 0 Å². The number of halogens is 1. The number of ether oxygens (including phenoxy) is 1. The number of hydrogen-bond acceptors (Lipinski definition) is 1. The van der Waals surface area contributed by atoms with E-state index in [0.29, 0.717) is 0 Å². The van der Waals surface area contributed by atoms with Crippen LogP contribution in [0.25, 0.3) is 0 Å². The first-order chi connectivity index (χ1) is 5.43. The Bertz CT molecular complexity index is 191. The van der Waals surface area contributed by atoms with Gasteiger partial charge in [0, 0.05) is 0 Å². The Morgan fingerprint density at radius 1 is 1.17 bits per heavy atom. The molecule has 0 N–H and O–H groups in total. The first-order valence-electron chi connectivity index (χ1n) is 3.90. The molecule has 1 aromatic rings. The van der Waals surface area contributed by atoms with Crippen molar-refractivity contribution < 1.29 is 23.0 Å². The van der Waals surface area contributed by atoms with Gasteiger partial charge in [-0.05, 0) is 0 Å². The average Bonchev–Trinajstić information content (AvgIpc) is 2.07. The van der Waals surface area contributed by atoms with E-state index in [4.69, 9.17) is 4.74 Å². The second-order valence-electron chi connectivity index (χ2n) is 2.37. The summed E-state index contributed by atoms with van der Waals surface area (Å²) in [7, 11) is 0. The summed E-state index contributed by atoms with van der Waals surface area (Å²) in [6.07, 6.45) is 1.19. The van der Waals surface area contributed by atoms with Crippen LogP contribution < -0.4 is 4.74 Å². The summed E-state index contributed by atoms with van der Waals surface area (Å²) in [5.74, 6) is 0.987. The van der Waals surface area contributed by atoms with Gasteiger partial charge in [0.2, 0.25) is 0 Å². The first-order valence-corrected chi connectivity index (χ1v) is 6.00. The van der Waals surface area contributed by atoms with Crippen LogP contribution >= 0.6 is 17.0 Å². The average molecular weight is 281 g/mol. The van der Waals surface area contributed by atoms with Gasteiger partial charge in [0.05, 0.1) is 0 Å². The fourth-order valence-electron chi connectivity index (χ4n) is 0.809. The Balaban J connectivity index is 0.00000121. The monoisotopic (exact) mass is 279 g/mol. The Morgan fingerprint density at radius 2 is 1.83 bits per heavy atom. The van der Waals surface area contributed by atoms with E-state index in [-0.39, 0.29) is 17.0 Å². The van der Waals surface area contributed by atoms with Gasteiger partial charge in [0.25, 0.3) is 0 Å². The number of benzene rings is 1. The summed E-state index contributed by atoms with van der Waals surface area (Å²) < 4.78 is 5.47. The SMILES string of the molecule is Br.[Zn][CH2]CCOc1ccccc1. The van der Waals surface area contributed by atoms with Crippen molar-refractivity contribution in [2.24, 2.45) is 0 Å². The van der Waals surface area contributed by atoms with E-state index in [1.165, 1.54) is 29.7 Å². The van der Waals surface area contributed by atoms with Gasteiger partial charge < -0.3 is 0 Å².